The second-order valence-corrected chi connectivity index (χ2v) is 6.82. The Bertz CT molecular complexity index is 1320. The first kappa shape index (κ1) is 19.0. The van der Waals surface area contributed by atoms with Gasteiger partial charge in [0.25, 0.3) is 5.91 Å². The standard InChI is InChI=1S/C23H18N6O/c1-14-15(2)22(26-13-17(14)12-24)23(30)27-18-4-6-21-19(11-18)20(28-29-21)5-3-16-7-9-25-10-8-16/h3-11,13H,1-2H3,(H,27,30)(H,28,29)/b5-3+. The van der Waals surface area contributed by atoms with E-state index in [9.17, 15) is 4.79 Å². The van der Waals surface area contributed by atoms with Gasteiger partial charge in [-0.25, -0.2) is 4.98 Å². The maximum atomic E-state index is 12.8. The van der Waals surface area contributed by atoms with E-state index in [1.807, 2.05) is 43.3 Å². The molecule has 0 aliphatic rings. The van der Waals surface area contributed by atoms with Crippen LogP contribution >= 0.6 is 0 Å². The van der Waals surface area contributed by atoms with Gasteiger partial charge in [-0.15, -0.1) is 0 Å². The minimum atomic E-state index is -0.322. The van der Waals surface area contributed by atoms with Crippen LogP contribution in [0.1, 0.15) is 38.4 Å². The number of fused-ring (bicyclic) bond motifs is 1. The highest BCUT2D eigenvalue weighted by molar-refractivity contribution is 6.05. The lowest BCUT2D eigenvalue weighted by Crippen LogP contribution is -2.16. The van der Waals surface area contributed by atoms with E-state index in [2.05, 4.69) is 31.6 Å². The molecular formula is C23H18N6O. The Morgan fingerprint density at radius 2 is 1.93 bits per heavy atom. The first-order chi connectivity index (χ1) is 14.6. The summed E-state index contributed by atoms with van der Waals surface area (Å²) in [5, 5.41) is 20.2. The predicted octanol–water partition coefficient (Wildman–Crippen LogP) is 4.26. The van der Waals surface area contributed by atoms with Crippen molar-refractivity contribution in [1.82, 2.24) is 20.2 Å². The lowest BCUT2D eigenvalue weighted by molar-refractivity contribution is 0.102. The second kappa shape index (κ2) is 7.97. The molecule has 0 unspecified atom stereocenters. The molecule has 0 saturated heterocycles. The lowest BCUT2D eigenvalue weighted by atomic mass is 10.0. The summed E-state index contributed by atoms with van der Waals surface area (Å²) >= 11 is 0. The number of amides is 1. The second-order valence-electron chi connectivity index (χ2n) is 6.82. The van der Waals surface area contributed by atoms with Crippen LogP contribution in [0.3, 0.4) is 0 Å². The predicted molar refractivity (Wildman–Crippen MR) is 116 cm³/mol. The summed E-state index contributed by atoms with van der Waals surface area (Å²) < 4.78 is 0. The van der Waals surface area contributed by atoms with E-state index in [0.29, 0.717) is 22.5 Å². The minimum absolute atomic E-state index is 0.302. The summed E-state index contributed by atoms with van der Waals surface area (Å²) in [5.41, 5.74) is 5.50. The molecule has 7 nitrogen and oxygen atoms in total. The molecule has 0 radical (unpaired) electrons. The molecule has 7 heteroatoms. The Kier molecular flexibility index (Phi) is 5.06. The van der Waals surface area contributed by atoms with E-state index in [-0.39, 0.29) is 5.91 Å². The number of carbonyl (C=O) groups excluding carboxylic acids is 1. The molecule has 0 aliphatic heterocycles. The van der Waals surface area contributed by atoms with E-state index >= 15 is 0 Å². The van der Waals surface area contributed by atoms with Crippen molar-refractivity contribution in [2.75, 3.05) is 5.32 Å². The van der Waals surface area contributed by atoms with Crippen LogP contribution in [0.25, 0.3) is 23.1 Å². The normalized spacial score (nSPS) is 11.0. The number of hydrogen-bond acceptors (Lipinski definition) is 5. The van der Waals surface area contributed by atoms with Crippen LogP contribution in [-0.4, -0.2) is 26.1 Å². The van der Waals surface area contributed by atoms with Crippen LogP contribution < -0.4 is 5.32 Å². The molecule has 4 rings (SSSR count). The van der Waals surface area contributed by atoms with Gasteiger partial charge in [0.05, 0.1) is 16.8 Å². The number of anilines is 1. The molecule has 146 valence electrons. The van der Waals surface area contributed by atoms with Crippen molar-refractivity contribution in [1.29, 1.82) is 5.26 Å². The van der Waals surface area contributed by atoms with Crippen molar-refractivity contribution >= 4 is 34.6 Å². The van der Waals surface area contributed by atoms with Crippen LogP contribution in [0, 0.1) is 25.2 Å². The van der Waals surface area contributed by atoms with Gasteiger partial charge in [-0.2, -0.15) is 10.4 Å². The number of aromatic nitrogens is 4. The van der Waals surface area contributed by atoms with Crippen LogP contribution in [0.4, 0.5) is 5.69 Å². The number of carbonyl (C=O) groups is 1. The van der Waals surface area contributed by atoms with Crippen molar-refractivity contribution in [2.45, 2.75) is 13.8 Å². The Morgan fingerprint density at radius 3 is 2.70 bits per heavy atom. The number of rotatable bonds is 4. The van der Waals surface area contributed by atoms with Crippen molar-refractivity contribution in [3.8, 4) is 6.07 Å². The van der Waals surface area contributed by atoms with Crippen molar-refractivity contribution < 1.29 is 4.79 Å². The van der Waals surface area contributed by atoms with E-state index in [0.717, 1.165) is 27.7 Å². The van der Waals surface area contributed by atoms with Crippen molar-refractivity contribution in [3.05, 3.63) is 82.6 Å². The van der Waals surface area contributed by atoms with Crippen molar-refractivity contribution in [2.24, 2.45) is 0 Å². The van der Waals surface area contributed by atoms with Gasteiger partial charge in [-0.05, 0) is 66.9 Å². The molecule has 3 aromatic heterocycles. The largest absolute Gasteiger partial charge is 0.321 e. The SMILES string of the molecule is Cc1c(C#N)cnc(C(=O)Nc2ccc3[nH]nc(/C=C/c4ccncc4)c3c2)c1C. The van der Waals surface area contributed by atoms with E-state index in [4.69, 9.17) is 5.26 Å². The van der Waals surface area contributed by atoms with Gasteiger partial charge in [0, 0.05) is 29.7 Å². The fraction of sp³-hybridized carbons (Fsp3) is 0.0870. The Hall–Kier alpha value is -4.31. The topological polar surface area (TPSA) is 107 Å². The minimum Gasteiger partial charge on any atom is -0.321 e. The first-order valence-electron chi connectivity index (χ1n) is 9.30. The van der Waals surface area contributed by atoms with E-state index < -0.39 is 0 Å². The lowest BCUT2D eigenvalue weighted by Gasteiger charge is -2.10. The summed E-state index contributed by atoms with van der Waals surface area (Å²) in [6.45, 7) is 3.60. The highest BCUT2D eigenvalue weighted by Gasteiger charge is 2.15. The average molecular weight is 394 g/mol. The number of nitrogens with zero attached hydrogens (tertiary/aromatic N) is 4. The molecular weight excluding hydrogens is 376 g/mol. The molecule has 0 saturated carbocycles. The molecule has 3 heterocycles. The van der Waals surface area contributed by atoms with Gasteiger partial charge >= 0.3 is 0 Å². The number of nitriles is 1. The third-order valence-electron chi connectivity index (χ3n) is 4.97. The maximum absolute atomic E-state index is 12.8. The van der Waals surface area contributed by atoms with Gasteiger partial charge in [-0.3, -0.25) is 14.9 Å². The van der Waals surface area contributed by atoms with Gasteiger partial charge in [0.15, 0.2) is 0 Å². The number of hydrogen-bond donors (Lipinski definition) is 2. The summed E-state index contributed by atoms with van der Waals surface area (Å²) in [5.74, 6) is -0.322. The molecule has 0 bridgehead atoms. The van der Waals surface area contributed by atoms with Gasteiger partial charge in [0.2, 0.25) is 0 Å². The third kappa shape index (κ3) is 3.66. The van der Waals surface area contributed by atoms with Gasteiger partial charge < -0.3 is 5.32 Å². The molecule has 1 amide bonds. The Labute approximate surface area is 173 Å². The van der Waals surface area contributed by atoms with Crippen molar-refractivity contribution in [3.63, 3.8) is 0 Å². The molecule has 0 spiro atoms. The molecule has 2 N–H and O–H groups in total. The molecule has 30 heavy (non-hydrogen) atoms. The zero-order chi connectivity index (χ0) is 21.1. The summed E-state index contributed by atoms with van der Waals surface area (Å²) in [6.07, 6.45) is 8.76. The number of pyridine rings is 2. The van der Waals surface area contributed by atoms with E-state index in [1.165, 1.54) is 6.20 Å². The Morgan fingerprint density at radius 1 is 1.13 bits per heavy atom. The fourth-order valence-electron chi connectivity index (χ4n) is 3.12. The number of aromatic amines is 1. The highest BCUT2D eigenvalue weighted by atomic mass is 16.1. The zero-order valence-electron chi connectivity index (χ0n) is 16.5. The number of H-pyrrole nitrogens is 1. The van der Waals surface area contributed by atoms with Crippen LogP contribution in [-0.2, 0) is 0 Å². The zero-order valence-corrected chi connectivity index (χ0v) is 16.5. The number of benzene rings is 1. The van der Waals surface area contributed by atoms with Crippen LogP contribution in [0.2, 0.25) is 0 Å². The molecule has 0 aliphatic carbocycles. The fourth-order valence-corrected chi connectivity index (χ4v) is 3.12. The quantitative estimate of drug-likeness (QED) is 0.538. The van der Waals surface area contributed by atoms with E-state index in [1.54, 1.807) is 25.4 Å². The van der Waals surface area contributed by atoms with Crippen LogP contribution in [0.5, 0.6) is 0 Å². The third-order valence-corrected chi connectivity index (χ3v) is 4.97. The van der Waals surface area contributed by atoms with Gasteiger partial charge in [-0.1, -0.05) is 6.08 Å². The number of nitrogens with one attached hydrogen (secondary N) is 2. The molecule has 4 aromatic rings. The smallest absolute Gasteiger partial charge is 0.274 e. The molecule has 0 fully saturated rings. The molecule has 1 aromatic carbocycles. The molecule has 0 atom stereocenters. The first-order valence-corrected chi connectivity index (χ1v) is 9.30. The summed E-state index contributed by atoms with van der Waals surface area (Å²) in [6, 6.07) is 11.4. The monoisotopic (exact) mass is 394 g/mol. The summed E-state index contributed by atoms with van der Waals surface area (Å²) in [7, 11) is 0. The Balaban J connectivity index is 1.61. The van der Waals surface area contributed by atoms with Crippen LogP contribution in [0.15, 0.2) is 48.9 Å². The summed E-state index contributed by atoms with van der Waals surface area (Å²) in [4.78, 5) is 20.9. The highest BCUT2D eigenvalue weighted by Crippen LogP contribution is 2.23. The average Bonchev–Trinajstić information content (AvgIpc) is 3.17. The maximum Gasteiger partial charge on any atom is 0.274 e. The van der Waals surface area contributed by atoms with Gasteiger partial charge in [0.1, 0.15) is 11.8 Å².